The maximum atomic E-state index is 4.20. The summed E-state index contributed by atoms with van der Waals surface area (Å²) in [5.74, 6) is 0.591. The fourth-order valence-electron chi connectivity index (χ4n) is 2.00. The van der Waals surface area contributed by atoms with E-state index in [0.717, 1.165) is 12.1 Å². The first-order valence-electron chi connectivity index (χ1n) is 8.88. The molecule has 2 heterocycles. The molecule has 0 saturated carbocycles. The second-order valence-electron chi connectivity index (χ2n) is 4.95. The Hall–Kier alpha value is -1.70. The second kappa shape index (κ2) is 15.2. The number of aryl methyl sites for hydroxylation is 3. The van der Waals surface area contributed by atoms with Crippen LogP contribution < -0.4 is 0 Å². The number of hydrogen-bond donors (Lipinski definition) is 0. The molecule has 0 N–H and O–H groups in total. The maximum absolute atomic E-state index is 4.20. The highest BCUT2D eigenvalue weighted by atomic mass is 14.7. The molecule has 0 atom stereocenters. The summed E-state index contributed by atoms with van der Waals surface area (Å²) in [5, 5.41) is 0. The number of aromatic nitrogens is 2. The van der Waals surface area contributed by atoms with Crippen molar-refractivity contribution in [1.82, 2.24) is 9.97 Å². The van der Waals surface area contributed by atoms with Gasteiger partial charge < -0.3 is 0 Å². The van der Waals surface area contributed by atoms with Gasteiger partial charge in [0.2, 0.25) is 0 Å². The Labute approximate surface area is 144 Å². The second-order valence-corrected chi connectivity index (χ2v) is 4.95. The van der Waals surface area contributed by atoms with Crippen LogP contribution in [0.1, 0.15) is 76.9 Å². The topological polar surface area (TPSA) is 25.8 Å². The van der Waals surface area contributed by atoms with Crippen molar-refractivity contribution < 1.29 is 0 Å². The highest BCUT2D eigenvalue weighted by molar-refractivity contribution is 5.21. The molecule has 2 nitrogen and oxygen atoms in total. The van der Waals surface area contributed by atoms with Gasteiger partial charge in [0.05, 0.1) is 0 Å². The number of rotatable bonds is 2. The van der Waals surface area contributed by atoms with E-state index >= 15 is 0 Å². The van der Waals surface area contributed by atoms with Gasteiger partial charge in [0, 0.05) is 23.8 Å². The molecule has 0 aliphatic carbocycles. The first kappa shape index (κ1) is 23.6. The van der Waals surface area contributed by atoms with E-state index in [1.165, 1.54) is 16.8 Å². The lowest BCUT2D eigenvalue weighted by Crippen LogP contribution is -1.92. The van der Waals surface area contributed by atoms with Gasteiger partial charge in [-0.1, -0.05) is 60.6 Å². The zero-order valence-corrected chi connectivity index (χ0v) is 16.6. The first-order valence-corrected chi connectivity index (χ1v) is 8.88. The predicted molar refractivity (Wildman–Crippen MR) is 104 cm³/mol. The van der Waals surface area contributed by atoms with Crippen LogP contribution in [-0.4, -0.2) is 9.97 Å². The summed E-state index contributed by atoms with van der Waals surface area (Å²) in [5.41, 5.74) is 5.00. The molecule has 23 heavy (non-hydrogen) atoms. The maximum Gasteiger partial charge on any atom is 0.0429 e. The molecule has 0 fully saturated rings. The van der Waals surface area contributed by atoms with Crippen molar-refractivity contribution in [2.24, 2.45) is 0 Å². The number of pyridine rings is 2. The van der Waals surface area contributed by atoms with Crippen LogP contribution in [0.3, 0.4) is 0 Å². The Kier molecular flexibility index (Phi) is 15.6. The summed E-state index contributed by atoms with van der Waals surface area (Å²) in [6.45, 7) is 18.6. The fourth-order valence-corrected chi connectivity index (χ4v) is 2.00. The Balaban J connectivity index is 0. The quantitative estimate of drug-likeness (QED) is 0.630. The molecule has 0 aliphatic rings. The van der Waals surface area contributed by atoms with E-state index in [9.17, 15) is 0 Å². The third-order valence-corrected chi connectivity index (χ3v) is 3.12. The summed E-state index contributed by atoms with van der Waals surface area (Å²) < 4.78 is 0. The van der Waals surface area contributed by atoms with Crippen LogP contribution in [0.4, 0.5) is 0 Å². The van der Waals surface area contributed by atoms with Gasteiger partial charge in [-0.25, -0.2) is 0 Å². The molecule has 0 amide bonds. The molecule has 0 aliphatic heterocycles. The molecule has 2 heteroatoms. The van der Waals surface area contributed by atoms with E-state index in [0.29, 0.717) is 5.92 Å². The molecule has 0 spiro atoms. The van der Waals surface area contributed by atoms with Crippen LogP contribution in [0, 0.1) is 13.8 Å². The molecule has 0 unspecified atom stereocenters. The van der Waals surface area contributed by atoms with Crippen LogP contribution in [0.2, 0.25) is 0 Å². The summed E-state index contributed by atoms with van der Waals surface area (Å²) in [7, 11) is 0. The monoisotopic (exact) mass is 316 g/mol. The molecule has 2 aromatic rings. The molecule has 0 aromatic carbocycles. The van der Waals surface area contributed by atoms with Crippen molar-refractivity contribution in [2.45, 2.75) is 74.7 Å². The number of nitrogens with zero attached hydrogens (tertiary/aromatic N) is 2. The molecule has 2 rings (SSSR count). The van der Waals surface area contributed by atoms with E-state index in [2.05, 4.69) is 56.7 Å². The third kappa shape index (κ3) is 9.83. The fraction of sp³-hybridized carbons (Fsp3) is 0.524. The van der Waals surface area contributed by atoms with Gasteiger partial charge in [-0.2, -0.15) is 0 Å². The largest absolute Gasteiger partial charge is 0.261 e. The van der Waals surface area contributed by atoms with Gasteiger partial charge >= 0.3 is 0 Å². The zero-order valence-electron chi connectivity index (χ0n) is 16.6. The van der Waals surface area contributed by atoms with Crippen molar-refractivity contribution in [3.05, 3.63) is 59.2 Å². The highest BCUT2D eigenvalue weighted by Crippen LogP contribution is 2.15. The minimum atomic E-state index is 0.591. The van der Waals surface area contributed by atoms with Crippen LogP contribution in [0.5, 0.6) is 0 Å². The van der Waals surface area contributed by atoms with Gasteiger partial charge in [-0.15, -0.1) is 0 Å². The SMILES string of the molecule is CC.CC.CCc1ncccc1C.Cc1ncccc1C(C)C. The first-order chi connectivity index (χ1) is 11.1. The summed E-state index contributed by atoms with van der Waals surface area (Å²) in [6, 6.07) is 8.18. The van der Waals surface area contributed by atoms with Gasteiger partial charge in [-0.05, 0) is 49.4 Å². The highest BCUT2D eigenvalue weighted by Gasteiger charge is 2.00. The molecule has 2 aromatic heterocycles. The molecule has 130 valence electrons. The van der Waals surface area contributed by atoms with Crippen molar-refractivity contribution in [1.29, 1.82) is 0 Å². The van der Waals surface area contributed by atoms with E-state index in [1.54, 1.807) is 0 Å². The van der Waals surface area contributed by atoms with E-state index < -0.39 is 0 Å². The molecular formula is C21H36N2. The Morgan fingerprint density at radius 3 is 1.74 bits per heavy atom. The van der Waals surface area contributed by atoms with E-state index in [-0.39, 0.29) is 0 Å². The van der Waals surface area contributed by atoms with Crippen LogP contribution in [-0.2, 0) is 6.42 Å². The minimum absolute atomic E-state index is 0.591. The Bertz CT molecular complexity index is 505. The summed E-state index contributed by atoms with van der Waals surface area (Å²) in [4.78, 5) is 8.40. The van der Waals surface area contributed by atoms with Gasteiger partial charge in [-0.3, -0.25) is 9.97 Å². The zero-order chi connectivity index (χ0) is 18.3. The van der Waals surface area contributed by atoms with Crippen molar-refractivity contribution in [2.75, 3.05) is 0 Å². The summed E-state index contributed by atoms with van der Waals surface area (Å²) in [6.07, 6.45) is 4.71. The van der Waals surface area contributed by atoms with Crippen LogP contribution >= 0.6 is 0 Å². The van der Waals surface area contributed by atoms with Crippen molar-refractivity contribution >= 4 is 0 Å². The summed E-state index contributed by atoms with van der Waals surface area (Å²) >= 11 is 0. The van der Waals surface area contributed by atoms with Crippen LogP contribution in [0.25, 0.3) is 0 Å². The molecule has 0 saturated heterocycles. The van der Waals surface area contributed by atoms with Crippen LogP contribution in [0.15, 0.2) is 36.7 Å². The number of hydrogen-bond acceptors (Lipinski definition) is 2. The normalized spacial score (nSPS) is 8.78. The lowest BCUT2D eigenvalue weighted by atomic mass is 10.0. The van der Waals surface area contributed by atoms with Crippen molar-refractivity contribution in [3.8, 4) is 0 Å². The van der Waals surface area contributed by atoms with E-state index in [4.69, 9.17) is 0 Å². The lowest BCUT2D eigenvalue weighted by Gasteiger charge is -2.06. The average molecular weight is 317 g/mol. The Morgan fingerprint density at radius 2 is 1.39 bits per heavy atom. The lowest BCUT2D eigenvalue weighted by molar-refractivity contribution is 0.843. The van der Waals surface area contributed by atoms with Gasteiger partial charge in [0.25, 0.3) is 0 Å². The van der Waals surface area contributed by atoms with Crippen molar-refractivity contribution in [3.63, 3.8) is 0 Å². The Morgan fingerprint density at radius 1 is 0.870 bits per heavy atom. The third-order valence-electron chi connectivity index (χ3n) is 3.12. The molecule has 0 bridgehead atoms. The predicted octanol–water partition coefficient (Wildman–Crippen LogP) is 6.52. The minimum Gasteiger partial charge on any atom is -0.261 e. The smallest absolute Gasteiger partial charge is 0.0429 e. The molecule has 0 radical (unpaired) electrons. The van der Waals surface area contributed by atoms with Gasteiger partial charge in [0.15, 0.2) is 0 Å². The van der Waals surface area contributed by atoms with Gasteiger partial charge in [0.1, 0.15) is 0 Å². The molecular weight excluding hydrogens is 280 g/mol. The standard InChI is InChI=1S/C9H13N.C8H11N.2C2H6/c1-7(2)9-5-4-6-10-8(9)3;1-3-8-7(2)5-4-6-9-8;2*1-2/h4-7H,1-3H3;4-6H,3H2,1-2H3;2*1-2H3. The average Bonchev–Trinajstić information content (AvgIpc) is 2.60. The van der Waals surface area contributed by atoms with E-state index in [1.807, 2.05) is 52.2 Å².